The highest BCUT2D eigenvalue weighted by molar-refractivity contribution is 5.70. The predicted octanol–water partition coefficient (Wildman–Crippen LogP) is 2.51. The molecular formula is C15H21NO2. The fraction of sp³-hybridized carbons (Fsp3) is 0.533. The summed E-state index contributed by atoms with van der Waals surface area (Å²) < 4.78 is 0. The third kappa shape index (κ3) is 3.33. The molecule has 1 aliphatic heterocycles. The SMILES string of the molecule is CN1CCCC(c2ccccc2CC(=O)O)CC1. The van der Waals surface area contributed by atoms with Gasteiger partial charge in [-0.25, -0.2) is 0 Å². The zero-order chi connectivity index (χ0) is 13.0. The Morgan fingerprint density at radius 1 is 1.33 bits per heavy atom. The van der Waals surface area contributed by atoms with Crippen LogP contribution in [0.2, 0.25) is 0 Å². The third-order valence-corrected chi connectivity index (χ3v) is 3.79. The van der Waals surface area contributed by atoms with Crippen molar-refractivity contribution in [3.8, 4) is 0 Å². The molecule has 0 amide bonds. The molecule has 0 radical (unpaired) electrons. The molecule has 1 aromatic carbocycles. The Labute approximate surface area is 108 Å². The van der Waals surface area contributed by atoms with Crippen LogP contribution < -0.4 is 0 Å². The van der Waals surface area contributed by atoms with E-state index in [-0.39, 0.29) is 6.42 Å². The summed E-state index contributed by atoms with van der Waals surface area (Å²) in [4.78, 5) is 13.3. The van der Waals surface area contributed by atoms with Crippen LogP contribution in [0.5, 0.6) is 0 Å². The largest absolute Gasteiger partial charge is 0.481 e. The van der Waals surface area contributed by atoms with E-state index in [0.29, 0.717) is 5.92 Å². The molecule has 0 aliphatic carbocycles. The summed E-state index contributed by atoms with van der Waals surface area (Å²) in [5, 5.41) is 8.98. The van der Waals surface area contributed by atoms with Crippen LogP contribution in [0.4, 0.5) is 0 Å². The molecule has 1 unspecified atom stereocenters. The van der Waals surface area contributed by atoms with Crippen molar-refractivity contribution in [1.29, 1.82) is 0 Å². The number of nitrogens with zero attached hydrogens (tertiary/aromatic N) is 1. The molecular weight excluding hydrogens is 226 g/mol. The molecule has 1 saturated heterocycles. The summed E-state index contributed by atoms with van der Waals surface area (Å²) in [5.41, 5.74) is 2.23. The van der Waals surface area contributed by atoms with Crippen LogP contribution in [-0.4, -0.2) is 36.1 Å². The van der Waals surface area contributed by atoms with Crippen LogP contribution in [0.1, 0.15) is 36.3 Å². The van der Waals surface area contributed by atoms with E-state index in [1.165, 1.54) is 18.4 Å². The lowest BCUT2D eigenvalue weighted by Gasteiger charge is -2.18. The minimum atomic E-state index is -0.742. The van der Waals surface area contributed by atoms with E-state index < -0.39 is 5.97 Å². The topological polar surface area (TPSA) is 40.5 Å². The molecule has 1 N–H and O–H groups in total. The number of aliphatic carboxylic acids is 1. The van der Waals surface area contributed by atoms with Crippen LogP contribution in [0, 0.1) is 0 Å². The highest BCUT2D eigenvalue weighted by Crippen LogP contribution is 2.30. The Bertz CT molecular complexity index is 417. The molecule has 0 saturated carbocycles. The lowest BCUT2D eigenvalue weighted by atomic mass is 9.87. The van der Waals surface area contributed by atoms with Crippen molar-refractivity contribution >= 4 is 5.97 Å². The number of rotatable bonds is 3. The Morgan fingerprint density at radius 2 is 2.11 bits per heavy atom. The van der Waals surface area contributed by atoms with Crippen LogP contribution >= 0.6 is 0 Å². The molecule has 2 rings (SSSR count). The number of hydrogen-bond acceptors (Lipinski definition) is 2. The Kier molecular flexibility index (Phi) is 4.37. The highest BCUT2D eigenvalue weighted by atomic mass is 16.4. The molecule has 1 aliphatic rings. The number of carboxylic acid groups (broad SMARTS) is 1. The highest BCUT2D eigenvalue weighted by Gasteiger charge is 2.19. The van der Waals surface area contributed by atoms with Crippen molar-refractivity contribution in [1.82, 2.24) is 4.90 Å². The second kappa shape index (κ2) is 6.01. The van der Waals surface area contributed by atoms with Gasteiger partial charge in [0.1, 0.15) is 0 Å². The maximum atomic E-state index is 10.9. The first kappa shape index (κ1) is 13.1. The minimum absolute atomic E-state index is 0.141. The second-order valence-corrected chi connectivity index (χ2v) is 5.20. The standard InChI is InChI=1S/C15H21NO2/c1-16-9-4-6-12(8-10-16)14-7-3-2-5-13(14)11-15(17)18/h2-3,5,7,12H,4,6,8-11H2,1H3,(H,17,18). The van der Waals surface area contributed by atoms with E-state index in [1.807, 2.05) is 18.2 Å². The normalized spacial score (nSPS) is 21.5. The predicted molar refractivity (Wildman–Crippen MR) is 71.9 cm³/mol. The molecule has 1 fully saturated rings. The molecule has 1 atom stereocenters. The maximum Gasteiger partial charge on any atom is 0.307 e. The molecule has 18 heavy (non-hydrogen) atoms. The van der Waals surface area contributed by atoms with E-state index >= 15 is 0 Å². The molecule has 3 heteroatoms. The van der Waals surface area contributed by atoms with E-state index in [0.717, 1.165) is 25.1 Å². The van der Waals surface area contributed by atoms with Gasteiger partial charge in [0.15, 0.2) is 0 Å². The lowest BCUT2D eigenvalue weighted by molar-refractivity contribution is -0.136. The average Bonchev–Trinajstić information content (AvgIpc) is 2.54. The summed E-state index contributed by atoms with van der Waals surface area (Å²) in [5.74, 6) is -0.223. The number of carbonyl (C=O) groups is 1. The van der Waals surface area contributed by atoms with E-state index in [2.05, 4.69) is 18.0 Å². The molecule has 0 aromatic heterocycles. The molecule has 3 nitrogen and oxygen atoms in total. The third-order valence-electron chi connectivity index (χ3n) is 3.79. The van der Waals surface area contributed by atoms with Gasteiger partial charge < -0.3 is 10.0 Å². The number of carboxylic acids is 1. The fourth-order valence-corrected chi connectivity index (χ4v) is 2.81. The van der Waals surface area contributed by atoms with Gasteiger partial charge in [0.25, 0.3) is 0 Å². The Morgan fingerprint density at radius 3 is 2.89 bits per heavy atom. The lowest BCUT2D eigenvalue weighted by Crippen LogP contribution is -2.18. The van der Waals surface area contributed by atoms with Gasteiger partial charge in [-0.3, -0.25) is 4.79 Å². The Balaban J connectivity index is 2.18. The van der Waals surface area contributed by atoms with Gasteiger partial charge in [-0.2, -0.15) is 0 Å². The first-order valence-electron chi connectivity index (χ1n) is 6.65. The van der Waals surface area contributed by atoms with E-state index in [1.54, 1.807) is 0 Å². The number of hydrogen-bond donors (Lipinski definition) is 1. The Hall–Kier alpha value is -1.35. The first-order valence-corrected chi connectivity index (χ1v) is 6.65. The smallest absolute Gasteiger partial charge is 0.307 e. The molecule has 98 valence electrons. The summed E-state index contributed by atoms with van der Waals surface area (Å²) in [6, 6.07) is 8.02. The second-order valence-electron chi connectivity index (χ2n) is 5.20. The van der Waals surface area contributed by atoms with E-state index in [9.17, 15) is 4.79 Å². The van der Waals surface area contributed by atoms with Crippen molar-refractivity contribution in [2.24, 2.45) is 0 Å². The van der Waals surface area contributed by atoms with Crippen LogP contribution in [0.15, 0.2) is 24.3 Å². The van der Waals surface area contributed by atoms with Crippen molar-refractivity contribution in [2.45, 2.75) is 31.6 Å². The zero-order valence-electron chi connectivity index (χ0n) is 10.9. The van der Waals surface area contributed by atoms with Gasteiger partial charge in [0, 0.05) is 0 Å². The van der Waals surface area contributed by atoms with Gasteiger partial charge in [-0.15, -0.1) is 0 Å². The van der Waals surface area contributed by atoms with Gasteiger partial charge in [-0.1, -0.05) is 24.3 Å². The summed E-state index contributed by atoms with van der Waals surface area (Å²) in [7, 11) is 2.16. The van der Waals surface area contributed by atoms with Crippen LogP contribution in [0.25, 0.3) is 0 Å². The quantitative estimate of drug-likeness (QED) is 0.892. The average molecular weight is 247 g/mol. The van der Waals surface area contributed by atoms with Crippen LogP contribution in [-0.2, 0) is 11.2 Å². The molecule has 0 spiro atoms. The van der Waals surface area contributed by atoms with Crippen molar-refractivity contribution in [3.05, 3.63) is 35.4 Å². The van der Waals surface area contributed by atoms with Gasteiger partial charge in [-0.05, 0) is 56.4 Å². The van der Waals surface area contributed by atoms with Crippen LogP contribution in [0.3, 0.4) is 0 Å². The summed E-state index contributed by atoms with van der Waals surface area (Å²) in [6.45, 7) is 2.25. The molecule has 0 bridgehead atoms. The maximum absolute atomic E-state index is 10.9. The molecule has 1 heterocycles. The minimum Gasteiger partial charge on any atom is -0.481 e. The monoisotopic (exact) mass is 247 g/mol. The van der Waals surface area contributed by atoms with Crippen molar-refractivity contribution < 1.29 is 9.90 Å². The van der Waals surface area contributed by atoms with Gasteiger partial charge in [0.05, 0.1) is 6.42 Å². The molecule has 1 aromatic rings. The van der Waals surface area contributed by atoms with Gasteiger partial charge in [0.2, 0.25) is 0 Å². The number of benzene rings is 1. The van der Waals surface area contributed by atoms with Gasteiger partial charge >= 0.3 is 5.97 Å². The summed E-state index contributed by atoms with van der Waals surface area (Å²) >= 11 is 0. The van der Waals surface area contributed by atoms with E-state index in [4.69, 9.17) is 5.11 Å². The zero-order valence-corrected chi connectivity index (χ0v) is 10.9. The summed E-state index contributed by atoms with van der Waals surface area (Å²) in [6.07, 6.45) is 3.64. The first-order chi connectivity index (χ1) is 8.66. The van der Waals surface area contributed by atoms with Crippen molar-refractivity contribution in [3.63, 3.8) is 0 Å². The number of likely N-dealkylation sites (tertiary alicyclic amines) is 1. The van der Waals surface area contributed by atoms with Crippen molar-refractivity contribution in [2.75, 3.05) is 20.1 Å². The fourth-order valence-electron chi connectivity index (χ4n) is 2.81.